The molecule has 1 amide bonds. The third-order valence-corrected chi connectivity index (χ3v) is 2.67. The van der Waals surface area contributed by atoms with E-state index in [9.17, 15) is 4.79 Å². The van der Waals surface area contributed by atoms with Crippen LogP contribution in [0.15, 0.2) is 16.7 Å². The third kappa shape index (κ3) is 5.95. The zero-order valence-corrected chi connectivity index (χ0v) is 14.2. The number of nitrogens with one attached hydrogen (secondary N) is 1. The second kappa shape index (κ2) is 9.36. The third-order valence-electron chi connectivity index (χ3n) is 2.23. The number of amides is 1. The fraction of sp³-hybridized carbons (Fsp3) is 0.455. The maximum Gasteiger partial charge on any atom is 0.255 e. The van der Waals surface area contributed by atoms with Gasteiger partial charge >= 0.3 is 0 Å². The molecule has 1 atom stereocenters. The molecule has 0 unspecified atom stereocenters. The predicted octanol–water partition coefficient (Wildman–Crippen LogP) is 1.83. The van der Waals surface area contributed by atoms with Crippen LogP contribution < -0.4 is 16.0 Å². The van der Waals surface area contributed by atoms with Crippen LogP contribution in [-0.4, -0.2) is 37.6 Å². The molecule has 110 valence electrons. The van der Waals surface area contributed by atoms with Crippen molar-refractivity contribution in [1.82, 2.24) is 10.3 Å². The van der Waals surface area contributed by atoms with E-state index in [2.05, 4.69) is 26.2 Å². The van der Waals surface area contributed by atoms with Crippen LogP contribution >= 0.6 is 40.7 Å². The average molecular weight is 374 g/mol. The van der Waals surface area contributed by atoms with E-state index in [1.807, 2.05) is 21.0 Å². The summed E-state index contributed by atoms with van der Waals surface area (Å²) in [4.78, 5) is 18.1. The molecule has 1 rings (SSSR count). The molecule has 0 saturated heterocycles. The Bertz CT molecular complexity index is 418. The highest BCUT2D eigenvalue weighted by Gasteiger charge is 2.16. The van der Waals surface area contributed by atoms with Crippen LogP contribution in [0.5, 0.6) is 0 Å². The van der Waals surface area contributed by atoms with E-state index in [-0.39, 0.29) is 36.8 Å². The lowest BCUT2D eigenvalue weighted by Crippen LogP contribution is -2.38. The monoisotopic (exact) mass is 372 g/mol. The molecule has 0 bridgehead atoms. The van der Waals surface area contributed by atoms with E-state index in [1.165, 1.54) is 0 Å². The van der Waals surface area contributed by atoms with Gasteiger partial charge in [0.15, 0.2) is 0 Å². The number of pyridine rings is 1. The Morgan fingerprint density at radius 1 is 1.53 bits per heavy atom. The SMILES string of the molecule is C[C@@H](CN)NC(=O)c1cc(Br)cnc1N(C)C.Cl.Cl. The Labute approximate surface area is 134 Å². The smallest absolute Gasteiger partial charge is 0.255 e. The zero-order chi connectivity index (χ0) is 13.0. The fourth-order valence-electron chi connectivity index (χ4n) is 1.32. The van der Waals surface area contributed by atoms with Crippen molar-refractivity contribution in [2.75, 3.05) is 25.5 Å². The van der Waals surface area contributed by atoms with Crippen molar-refractivity contribution < 1.29 is 4.79 Å². The molecule has 0 aliphatic heterocycles. The Balaban J connectivity index is 0. The van der Waals surface area contributed by atoms with Gasteiger partial charge in [0.1, 0.15) is 5.82 Å². The van der Waals surface area contributed by atoms with Crippen LogP contribution in [0.2, 0.25) is 0 Å². The van der Waals surface area contributed by atoms with Gasteiger partial charge in [-0.25, -0.2) is 4.98 Å². The molecule has 19 heavy (non-hydrogen) atoms. The number of nitrogens with zero attached hydrogens (tertiary/aromatic N) is 2. The van der Waals surface area contributed by atoms with Crippen LogP contribution in [0, 0.1) is 0 Å². The quantitative estimate of drug-likeness (QED) is 0.844. The lowest BCUT2D eigenvalue weighted by molar-refractivity contribution is 0.0941. The Kier molecular flexibility index (Phi) is 10.2. The first-order chi connectivity index (χ1) is 7.95. The van der Waals surface area contributed by atoms with Crippen LogP contribution in [0.3, 0.4) is 0 Å². The van der Waals surface area contributed by atoms with Gasteiger partial charge in [0.05, 0.1) is 5.56 Å². The molecule has 0 spiro atoms. The Morgan fingerprint density at radius 2 is 2.11 bits per heavy atom. The molecule has 0 aliphatic rings. The second-order valence-electron chi connectivity index (χ2n) is 4.03. The van der Waals surface area contributed by atoms with Crippen molar-refractivity contribution in [3.05, 3.63) is 22.3 Å². The van der Waals surface area contributed by atoms with Gasteiger partial charge in [-0.2, -0.15) is 0 Å². The second-order valence-corrected chi connectivity index (χ2v) is 4.95. The standard InChI is InChI=1S/C11H17BrN4O.2ClH/c1-7(5-13)15-11(17)9-4-8(12)6-14-10(9)16(2)3;;/h4,6-7H,5,13H2,1-3H3,(H,15,17);2*1H/t7-;;/m0../s1. The average Bonchev–Trinajstić information content (AvgIpc) is 2.28. The van der Waals surface area contributed by atoms with Gasteiger partial charge in [0.25, 0.3) is 5.91 Å². The van der Waals surface area contributed by atoms with Gasteiger partial charge in [-0.05, 0) is 28.9 Å². The van der Waals surface area contributed by atoms with Crippen molar-refractivity contribution in [2.24, 2.45) is 5.73 Å². The summed E-state index contributed by atoms with van der Waals surface area (Å²) in [6.45, 7) is 2.27. The van der Waals surface area contributed by atoms with Crippen LogP contribution in [-0.2, 0) is 0 Å². The lowest BCUT2D eigenvalue weighted by atomic mass is 10.2. The maximum absolute atomic E-state index is 12.0. The number of aromatic nitrogens is 1. The molecule has 1 aromatic rings. The number of rotatable bonds is 4. The van der Waals surface area contributed by atoms with E-state index in [1.54, 1.807) is 17.2 Å². The Morgan fingerprint density at radius 3 is 2.58 bits per heavy atom. The molecule has 1 aromatic heterocycles. The molecule has 0 aromatic carbocycles. The van der Waals surface area contributed by atoms with Gasteiger partial charge < -0.3 is 16.0 Å². The highest BCUT2D eigenvalue weighted by atomic mass is 79.9. The molecule has 0 aliphatic carbocycles. The summed E-state index contributed by atoms with van der Waals surface area (Å²) in [7, 11) is 3.69. The molecular formula is C11H19BrCl2N4O. The first-order valence-electron chi connectivity index (χ1n) is 5.29. The molecule has 3 N–H and O–H groups in total. The van der Waals surface area contributed by atoms with E-state index < -0.39 is 0 Å². The fourth-order valence-corrected chi connectivity index (χ4v) is 1.65. The molecule has 0 fully saturated rings. The topological polar surface area (TPSA) is 71.2 Å². The summed E-state index contributed by atoms with van der Waals surface area (Å²) < 4.78 is 0.772. The van der Waals surface area contributed by atoms with E-state index in [0.717, 1.165) is 4.47 Å². The van der Waals surface area contributed by atoms with Gasteiger partial charge in [-0.1, -0.05) is 0 Å². The molecular weight excluding hydrogens is 355 g/mol. The number of carbonyl (C=O) groups excluding carboxylic acids is 1. The molecule has 5 nitrogen and oxygen atoms in total. The summed E-state index contributed by atoms with van der Waals surface area (Å²) >= 11 is 3.31. The van der Waals surface area contributed by atoms with Gasteiger partial charge in [-0.3, -0.25) is 4.79 Å². The van der Waals surface area contributed by atoms with Crippen molar-refractivity contribution >= 4 is 52.5 Å². The van der Waals surface area contributed by atoms with Gasteiger partial charge in [0.2, 0.25) is 0 Å². The maximum atomic E-state index is 12.0. The van der Waals surface area contributed by atoms with E-state index in [4.69, 9.17) is 5.73 Å². The summed E-state index contributed by atoms with van der Waals surface area (Å²) in [6, 6.07) is 1.69. The minimum absolute atomic E-state index is 0. The molecule has 0 saturated carbocycles. The van der Waals surface area contributed by atoms with E-state index >= 15 is 0 Å². The summed E-state index contributed by atoms with van der Waals surface area (Å²) in [5.41, 5.74) is 6.01. The number of anilines is 1. The van der Waals surface area contributed by atoms with Gasteiger partial charge in [-0.15, -0.1) is 24.8 Å². The normalized spacial score (nSPS) is 10.8. The van der Waals surface area contributed by atoms with Crippen molar-refractivity contribution in [2.45, 2.75) is 13.0 Å². The van der Waals surface area contributed by atoms with Crippen molar-refractivity contribution in [3.8, 4) is 0 Å². The first-order valence-corrected chi connectivity index (χ1v) is 6.08. The summed E-state index contributed by atoms with van der Waals surface area (Å²) in [5, 5.41) is 2.82. The zero-order valence-electron chi connectivity index (χ0n) is 11.0. The number of hydrogen-bond acceptors (Lipinski definition) is 4. The number of halogens is 3. The summed E-state index contributed by atoms with van der Waals surface area (Å²) in [5.74, 6) is 0.468. The van der Waals surface area contributed by atoms with Crippen LogP contribution in [0.1, 0.15) is 17.3 Å². The van der Waals surface area contributed by atoms with E-state index in [0.29, 0.717) is 17.9 Å². The van der Waals surface area contributed by atoms with Crippen molar-refractivity contribution in [1.29, 1.82) is 0 Å². The van der Waals surface area contributed by atoms with Crippen LogP contribution in [0.25, 0.3) is 0 Å². The highest BCUT2D eigenvalue weighted by molar-refractivity contribution is 9.10. The molecule has 1 heterocycles. The number of carbonyl (C=O) groups is 1. The van der Waals surface area contributed by atoms with Gasteiger partial charge in [0, 0.05) is 37.4 Å². The molecule has 8 heteroatoms. The summed E-state index contributed by atoms with van der Waals surface area (Å²) in [6.07, 6.45) is 1.67. The number of hydrogen-bond donors (Lipinski definition) is 2. The lowest BCUT2D eigenvalue weighted by Gasteiger charge is -2.17. The number of nitrogens with two attached hydrogens (primary N) is 1. The minimum Gasteiger partial charge on any atom is -0.362 e. The first kappa shape index (κ1) is 20.8. The largest absolute Gasteiger partial charge is 0.362 e. The Hall–Kier alpha value is -0.560. The van der Waals surface area contributed by atoms with Crippen molar-refractivity contribution in [3.63, 3.8) is 0 Å². The molecule has 0 radical (unpaired) electrons. The highest BCUT2D eigenvalue weighted by Crippen LogP contribution is 2.19. The minimum atomic E-state index is -0.166. The van der Waals surface area contributed by atoms with Crippen LogP contribution in [0.4, 0.5) is 5.82 Å². The predicted molar refractivity (Wildman–Crippen MR) is 86.7 cm³/mol.